The number of aromatic amines is 2. The fraction of sp³-hybridized carbons (Fsp3) is 0.417. The molecule has 1 atom stereocenters. The van der Waals surface area contributed by atoms with Gasteiger partial charge in [0.15, 0.2) is 0 Å². The molecule has 2 heterocycles. The van der Waals surface area contributed by atoms with E-state index in [0.29, 0.717) is 6.42 Å². The predicted octanol–water partition coefficient (Wildman–Crippen LogP) is 1.17. The van der Waals surface area contributed by atoms with E-state index in [1.54, 1.807) is 12.4 Å². The van der Waals surface area contributed by atoms with Gasteiger partial charge >= 0.3 is 0 Å². The number of hydrogen-bond donors (Lipinski definition) is 3. The van der Waals surface area contributed by atoms with Gasteiger partial charge in [0, 0.05) is 23.7 Å². The van der Waals surface area contributed by atoms with Gasteiger partial charge in [-0.05, 0) is 20.8 Å². The maximum absolute atomic E-state index is 11.9. The lowest BCUT2D eigenvalue weighted by molar-refractivity contribution is -0.121. The van der Waals surface area contributed by atoms with Crippen molar-refractivity contribution in [1.82, 2.24) is 25.5 Å². The van der Waals surface area contributed by atoms with Gasteiger partial charge in [-0.3, -0.25) is 9.89 Å². The number of aromatic nitrogens is 4. The number of rotatable bonds is 4. The van der Waals surface area contributed by atoms with E-state index in [-0.39, 0.29) is 11.9 Å². The highest BCUT2D eigenvalue weighted by atomic mass is 16.1. The van der Waals surface area contributed by atoms with Gasteiger partial charge in [-0.1, -0.05) is 0 Å². The summed E-state index contributed by atoms with van der Waals surface area (Å²) in [5, 5.41) is 9.85. The highest BCUT2D eigenvalue weighted by Gasteiger charge is 2.15. The summed E-state index contributed by atoms with van der Waals surface area (Å²) in [6, 6.07) is -0.125. The van der Waals surface area contributed by atoms with E-state index in [1.807, 2.05) is 20.8 Å². The Labute approximate surface area is 105 Å². The number of aryl methyl sites for hydroxylation is 2. The van der Waals surface area contributed by atoms with Crippen LogP contribution in [0.3, 0.4) is 0 Å². The van der Waals surface area contributed by atoms with Crippen LogP contribution in [0, 0.1) is 13.8 Å². The number of nitrogens with one attached hydrogen (secondary N) is 3. The summed E-state index contributed by atoms with van der Waals surface area (Å²) in [7, 11) is 0. The molecule has 3 N–H and O–H groups in total. The minimum Gasteiger partial charge on any atom is -0.347 e. The molecule has 0 saturated carbocycles. The molecule has 6 heteroatoms. The van der Waals surface area contributed by atoms with Crippen LogP contribution < -0.4 is 5.32 Å². The molecule has 0 spiro atoms. The van der Waals surface area contributed by atoms with E-state index in [0.717, 1.165) is 22.8 Å². The van der Waals surface area contributed by atoms with Crippen LogP contribution in [0.15, 0.2) is 12.4 Å². The normalized spacial score (nSPS) is 12.4. The number of amides is 1. The fourth-order valence-electron chi connectivity index (χ4n) is 1.87. The van der Waals surface area contributed by atoms with Gasteiger partial charge in [-0.25, -0.2) is 4.98 Å². The van der Waals surface area contributed by atoms with E-state index in [4.69, 9.17) is 0 Å². The Morgan fingerprint density at radius 3 is 2.83 bits per heavy atom. The Balaban J connectivity index is 1.97. The second kappa shape index (κ2) is 5.03. The molecule has 0 fully saturated rings. The molecule has 2 aromatic heterocycles. The summed E-state index contributed by atoms with van der Waals surface area (Å²) in [4.78, 5) is 19.0. The molecule has 6 nitrogen and oxygen atoms in total. The fourth-order valence-corrected chi connectivity index (χ4v) is 1.87. The maximum atomic E-state index is 11.9. The summed E-state index contributed by atoms with van der Waals surface area (Å²) in [5.74, 6) is 0.718. The lowest BCUT2D eigenvalue weighted by atomic mass is 10.1. The smallest absolute Gasteiger partial charge is 0.225 e. The van der Waals surface area contributed by atoms with Crippen molar-refractivity contribution in [3.63, 3.8) is 0 Å². The van der Waals surface area contributed by atoms with Gasteiger partial charge in [-0.15, -0.1) is 0 Å². The average Bonchev–Trinajstić information content (AvgIpc) is 2.94. The SMILES string of the molecule is Cc1n[nH]c(C)c1CC(=O)NC(C)c1ncc[nH]1. The molecule has 2 aromatic rings. The molecule has 0 aliphatic heterocycles. The van der Waals surface area contributed by atoms with Crippen molar-refractivity contribution in [2.75, 3.05) is 0 Å². The number of hydrogen-bond acceptors (Lipinski definition) is 3. The monoisotopic (exact) mass is 247 g/mol. The molecule has 0 aliphatic carbocycles. The van der Waals surface area contributed by atoms with Crippen LogP contribution in [-0.2, 0) is 11.2 Å². The van der Waals surface area contributed by atoms with Crippen LogP contribution in [-0.4, -0.2) is 26.1 Å². The van der Waals surface area contributed by atoms with Crippen molar-refractivity contribution >= 4 is 5.91 Å². The lowest BCUT2D eigenvalue weighted by Gasteiger charge is -2.11. The van der Waals surface area contributed by atoms with Crippen molar-refractivity contribution in [3.05, 3.63) is 35.2 Å². The summed E-state index contributed by atoms with van der Waals surface area (Å²) >= 11 is 0. The maximum Gasteiger partial charge on any atom is 0.225 e. The molecule has 0 aliphatic rings. The van der Waals surface area contributed by atoms with E-state index in [9.17, 15) is 4.79 Å². The van der Waals surface area contributed by atoms with Crippen LogP contribution >= 0.6 is 0 Å². The molecule has 2 rings (SSSR count). The van der Waals surface area contributed by atoms with Crippen LogP contribution in [0.4, 0.5) is 0 Å². The van der Waals surface area contributed by atoms with Gasteiger partial charge in [0.25, 0.3) is 0 Å². The van der Waals surface area contributed by atoms with Gasteiger partial charge in [0.2, 0.25) is 5.91 Å². The molecule has 1 amide bonds. The number of imidazole rings is 1. The molecule has 0 bridgehead atoms. The predicted molar refractivity (Wildman–Crippen MR) is 66.9 cm³/mol. The first-order valence-electron chi connectivity index (χ1n) is 5.87. The van der Waals surface area contributed by atoms with Crippen molar-refractivity contribution in [1.29, 1.82) is 0 Å². The van der Waals surface area contributed by atoms with E-state index < -0.39 is 0 Å². The van der Waals surface area contributed by atoms with E-state index in [2.05, 4.69) is 25.5 Å². The molecular weight excluding hydrogens is 230 g/mol. The quantitative estimate of drug-likeness (QED) is 0.758. The minimum absolute atomic E-state index is 0.0356. The largest absolute Gasteiger partial charge is 0.347 e. The number of carbonyl (C=O) groups is 1. The topological polar surface area (TPSA) is 86.5 Å². The summed E-state index contributed by atoms with van der Waals surface area (Å²) < 4.78 is 0. The number of H-pyrrole nitrogens is 2. The Morgan fingerprint density at radius 2 is 2.28 bits per heavy atom. The van der Waals surface area contributed by atoms with Crippen molar-refractivity contribution in [2.24, 2.45) is 0 Å². The molecular formula is C12H17N5O. The zero-order valence-electron chi connectivity index (χ0n) is 10.7. The second-order valence-corrected chi connectivity index (χ2v) is 4.35. The van der Waals surface area contributed by atoms with E-state index in [1.165, 1.54) is 0 Å². The van der Waals surface area contributed by atoms with Crippen molar-refractivity contribution in [2.45, 2.75) is 33.2 Å². The van der Waals surface area contributed by atoms with Crippen molar-refractivity contribution < 1.29 is 4.79 Å². The Hall–Kier alpha value is -2.11. The van der Waals surface area contributed by atoms with Crippen molar-refractivity contribution in [3.8, 4) is 0 Å². The Kier molecular flexibility index (Phi) is 3.45. The molecule has 1 unspecified atom stereocenters. The van der Waals surface area contributed by atoms with Gasteiger partial charge < -0.3 is 10.3 Å². The lowest BCUT2D eigenvalue weighted by Crippen LogP contribution is -2.29. The first-order chi connectivity index (χ1) is 8.58. The summed E-state index contributed by atoms with van der Waals surface area (Å²) in [6.07, 6.45) is 3.74. The summed E-state index contributed by atoms with van der Waals surface area (Å²) in [5.41, 5.74) is 2.76. The van der Waals surface area contributed by atoms with Crippen LogP contribution in [0.2, 0.25) is 0 Å². The standard InChI is InChI=1S/C12H17N5O/c1-7-10(8(2)17-16-7)6-11(18)15-9(3)12-13-4-5-14-12/h4-5,9H,6H2,1-3H3,(H,13,14)(H,15,18)(H,16,17). The molecule has 0 radical (unpaired) electrons. The molecule has 18 heavy (non-hydrogen) atoms. The van der Waals surface area contributed by atoms with Gasteiger partial charge in [-0.2, -0.15) is 5.10 Å². The Bertz CT molecular complexity index is 509. The average molecular weight is 247 g/mol. The molecule has 0 aromatic carbocycles. The van der Waals surface area contributed by atoms with Crippen LogP contribution in [0.25, 0.3) is 0 Å². The van der Waals surface area contributed by atoms with Gasteiger partial charge in [0.1, 0.15) is 5.82 Å². The molecule has 0 saturated heterocycles. The van der Waals surface area contributed by atoms with Crippen LogP contribution in [0.1, 0.15) is 35.7 Å². The minimum atomic E-state index is -0.125. The molecule has 96 valence electrons. The highest BCUT2D eigenvalue weighted by molar-refractivity contribution is 5.79. The second-order valence-electron chi connectivity index (χ2n) is 4.35. The number of carbonyl (C=O) groups excluding carboxylic acids is 1. The first-order valence-corrected chi connectivity index (χ1v) is 5.87. The van der Waals surface area contributed by atoms with E-state index >= 15 is 0 Å². The van der Waals surface area contributed by atoms with Gasteiger partial charge in [0.05, 0.1) is 18.2 Å². The summed E-state index contributed by atoms with van der Waals surface area (Å²) in [6.45, 7) is 5.70. The Morgan fingerprint density at radius 1 is 1.50 bits per heavy atom. The number of nitrogens with zero attached hydrogens (tertiary/aromatic N) is 2. The zero-order valence-corrected chi connectivity index (χ0v) is 10.7. The highest BCUT2D eigenvalue weighted by Crippen LogP contribution is 2.11. The third kappa shape index (κ3) is 2.58. The van der Waals surface area contributed by atoms with Crippen LogP contribution in [0.5, 0.6) is 0 Å². The third-order valence-corrected chi connectivity index (χ3v) is 2.93. The first kappa shape index (κ1) is 12.3. The third-order valence-electron chi connectivity index (χ3n) is 2.93. The zero-order chi connectivity index (χ0) is 13.1.